The van der Waals surface area contributed by atoms with Gasteiger partial charge in [0.1, 0.15) is 11.6 Å². The first-order valence-electron chi connectivity index (χ1n) is 5.83. The first-order valence-corrected chi connectivity index (χ1v) is 6.21. The van der Waals surface area contributed by atoms with E-state index in [0.29, 0.717) is 23.2 Å². The summed E-state index contributed by atoms with van der Waals surface area (Å²) in [5.74, 6) is 1.14. The van der Waals surface area contributed by atoms with Crippen molar-refractivity contribution >= 4 is 23.3 Å². The lowest BCUT2D eigenvalue weighted by atomic mass is 10.3. The van der Waals surface area contributed by atoms with Gasteiger partial charge in [0.15, 0.2) is 0 Å². The third kappa shape index (κ3) is 3.99. The molecule has 0 aliphatic rings. The van der Waals surface area contributed by atoms with Gasteiger partial charge in [0, 0.05) is 10.6 Å². The van der Waals surface area contributed by atoms with Gasteiger partial charge in [-0.05, 0) is 25.1 Å². The summed E-state index contributed by atoms with van der Waals surface area (Å²) in [4.78, 5) is 11.7. The Morgan fingerprint density at radius 3 is 3.05 bits per heavy atom. The van der Waals surface area contributed by atoms with E-state index >= 15 is 0 Å². The van der Waals surface area contributed by atoms with Gasteiger partial charge in [-0.15, -0.1) is 0 Å². The average molecular weight is 280 g/mol. The Morgan fingerprint density at radius 2 is 2.37 bits per heavy atom. The van der Waals surface area contributed by atoms with Crippen molar-refractivity contribution in [3.63, 3.8) is 0 Å². The molecule has 0 radical (unpaired) electrons. The van der Waals surface area contributed by atoms with Gasteiger partial charge in [0.05, 0.1) is 19.2 Å². The predicted molar refractivity (Wildman–Crippen MR) is 73.5 cm³/mol. The number of hydrogen-bond donors (Lipinski definition) is 2. The summed E-state index contributed by atoms with van der Waals surface area (Å²) in [5, 5.41) is 9.87. The van der Waals surface area contributed by atoms with E-state index in [1.54, 1.807) is 30.5 Å². The molecule has 0 saturated carbocycles. The second kappa shape index (κ2) is 6.24. The zero-order chi connectivity index (χ0) is 13.7. The second-order valence-corrected chi connectivity index (χ2v) is 4.47. The Labute approximate surface area is 115 Å². The molecule has 6 heteroatoms. The highest BCUT2D eigenvalue weighted by Crippen LogP contribution is 2.17. The fourth-order valence-corrected chi connectivity index (χ4v) is 1.67. The number of nitrogens with zero attached hydrogens (tertiary/aromatic N) is 1. The predicted octanol–water partition coefficient (Wildman–Crippen LogP) is 2.78. The number of nitrogens with one attached hydrogen (secondary N) is 2. The molecule has 19 heavy (non-hydrogen) atoms. The minimum atomic E-state index is -0.130. The molecule has 0 unspecified atom stereocenters. The number of aryl methyl sites for hydroxylation is 1. The lowest BCUT2D eigenvalue weighted by molar-refractivity contribution is -0.116. The van der Waals surface area contributed by atoms with Gasteiger partial charge in [-0.1, -0.05) is 17.7 Å². The maximum atomic E-state index is 11.7. The van der Waals surface area contributed by atoms with Crippen LogP contribution in [0, 0.1) is 6.92 Å². The molecule has 0 aliphatic carbocycles. The molecule has 1 heterocycles. The highest BCUT2D eigenvalue weighted by Gasteiger charge is 2.06. The van der Waals surface area contributed by atoms with E-state index in [0.717, 1.165) is 5.56 Å². The number of ether oxygens (including phenoxy) is 1. The molecule has 0 fully saturated rings. The molecule has 1 aromatic carbocycles. The molecular weight excluding hydrogens is 266 g/mol. The van der Waals surface area contributed by atoms with Gasteiger partial charge >= 0.3 is 0 Å². The van der Waals surface area contributed by atoms with E-state index in [-0.39, 0.29) is 12.3 Å². The minimum Gasteiger partial charge on any atom is -0.493 e. The number of carbonyl (C=O) groups excluding carboxylic acids is 1. The molecule has 2 N–H and O–H groups in total. The summed E-state index contributed by atoms with van der Waals surface area (Å²) in [6.45, 7) is 2.15. The summed E-state index contributed by atoms with van der Waals surface area (Å²) in [7, 11) is 0. The van der Waals surface area contributed by atoms with E-state index in [2.05, 4.69) is 15.5 Å². The normalized spacial score (nSPS) is 10.2. The van der Waals surface area contributed by atoms with Crippen molar-refractivity contribution in [2.45, 2.75) is 13.3 Å². The summed E-state index contributed by atoms with van der Waals surface area (Å²) in [6, 6.07) is 7.06. The number of aromatic nitrogens is 2. The van der Waals surface area contributed by atoms with Crippen molar-refractivity contribution in [2.24, 2.45) is 0 Å². The van der Waals surface area contributed by atoms with Crippen molar-refractivity contribution in [3.8, 4) is 5.75 Å². The standard InChI is InChI=1S/C13H14ClN3O2/c1-9-8-15-17-13(9)16-12(18)5-6-19-11-4-2-3-10(14)7-11/h2-4,7-8H,5-6H2,1H3,(H2,15,16,17,18). The third-order valence-electron chi connectivity index (χ3n) is 2.49. The quantitative estimate of drug-likeness (QED) is 0.884. The zero-order valence-electron chi connectivity index (χ0n) is 10.4. The van der Waals surface area contributed by atoms with E-state index < -0.39 is 0 Å². The van der Waals surface area contributed by atoms with Crippen molar-refractivity contribution in [3.05, 3.63) is 41.0 Å². The Morgan fingerprint density at radius 1 is 1.53 bits per heavy atom. The fraction of sp³-hybridized carbons (Fsp3) is 0.231. The first-order chi connectivity index (χ1) is 9.15. The Bertz CT molecular complexity index is 569. The number of carbonyl (C=O) groups is 1. The molecule has 100 valence electrons. The molecule has 0 aliphatic heterocycles. The Kier molecular flexibility index (Phi) is 4.41. The average Bonchev–Trinajstić information content (AvgIpc) is 2.75. The summed E-state index contributed by atoms with van der Waals surface area (Å²) >= 11 is 5.83. The number of benzene rings is 1. The van der Waals surface area contributed by atoms with Crippen LogP contribution < -0.4 is 10.1 Å². The van der Waals surface area contributed by atoms with Crippen molar-refractivity contribution in [1.29, 1.82) is 0 Å². The Balaban J connectivity index is 1.77. The van der Waals surface area contributed by atoms with Crippen molar-refractivity contribution < 1.29 is 9.53 Å². The third-order valence-corrected chi connectivity index (χ3v) is 2.72. The molecule has 0 bridgehead atoms. The monoisotopic (exact) mass is 279 g/mol. The molecule has 0 atom stereocenters. The van der Waals surface area contributed by atoms with Gasteiger partial charge in [-0.2, -0.15) is 5.10 Å². The number of rotatable bonds is 5. The number of aromatic amines is 1. The van der Waals surface area contributed by atoms with E-state index in [9.17, 15) is 4.79 Å². The van der Waals surface area contributed by atoms with Gasteiger partial charge in [0.25, 0.3) is 0 Å². The molecule has 1 aromatic heterocycles. The molecule has 1 amide bonds. The van der Waals surface area contributed by atoms with Crippen LogP contribution in [0.15, 0.2) is 30.5 Å². The van der Waals surface area contributed by atoms with Crippen LogP contribution in [0.3, 0.4) is 0 Å². The van der Waals surface area contributed by atoms with E-state index in [1.807, 2.05) is 6.92 Å². The fourth-order valence-electron chi connectivity index (χ4n) is 1.49. The number of anilines is 1. The number of amides is 1. The van der Waals surface area contributed by atoms with Gasteiger partial charge in [-0.25, -0.2) is 0 Å². The van der Waals surface area contributed by atoms with Crippen LogP contribution in [0.5, 0.6) is 5.75 Å². The summed E-state index contributed by atoms with van der Waals surface area (Å²) < 4.78 is 5.44. The topological polar surface area (TPSA) is 67.0 Å². The zero-order valence-corrected chi connectivity index (χ0v) is 11.2. The molecule has 2 aromatic rings. The minimum absolute atomic E-state index is 0.130. The van der Waals surface area contributed by atoms with Crippen molar-refractivity contribution in [2.75, 3.05) is 11.9 Å². The van der Waals surface area contributed by atoms with Crippen LogP contribution in [-0.2, 0) is 4.79 Å². The smallest absolute Gasteiger partial charge is 0.228 e. The Hall–Kier alpha value is -2.01. The SMILES string of the molecule is Cc1cn[nH]c1NC(=O)CCOc1cccc(Cl)c1. The molecule has 2 rings (SSSR count). The first kappa shape index (κ1) is 13.4. The van der Waals surface area contributed by atoms with Crippen LogP contribution in [0.25, 0.3) is 0 Å². The van der Waals surface area contributed by atoms with E-state index in [1.165, 1.54) is 0 Å². The highest BCUT2D eigenvalue weighted by molar-refractivity contribution is 6.30. The molecule has 0 saturated heterocycles. The van der Waals surface area contributed by atoms with Crippen LogP contribution >= 0.6 is 11.6 Å². The van der Waals surface area contributed by atoms with E-state index in [4.69, 9.17) is 16.3 Å². The number of H-pyrrole nitrogens is 1. The highest BCUT2D eigenvalue weighted by atomic mass is 35.5. The van der Waals surface area contributed by atoms with Crippen LogP contribution in [0.1, 0.15) is 12.0 Å². The number of hydrogen-bond acceptors (Lipinski definition) is 3. The summed E-state index contributed by atoms with van der Waals surface area (Å²) in [5.41, 5.74) is 0.893. The lowest BCUT2D eigenvalue weighted by Gasteiger charge is -2.07. The van der Waals surface area contributed by atoms with Crippen LogP contribution in [0.2, 0.25) is 5.02 Å². The number of halogens is 1. The summed E-state index contributed by atoms with van der Waals surface area (Å²) in [6.07, 6.45) is 1.91. The molecular formula is C13H14ClN3O2. The van der Waals surface area contributed by atoms with Crippen LogP contribution in [0.4, 0.5) is 5.82 Å². The maximum Gasteiger partial charge on any atom is 0.228 e. The van der Waals surface area contributed by atoms with Crippen molar-refractivity contribution in [1.82, 2.24) is 10.2 Å². The molecule has 0 spiro atoms. The second-order valence-electron chi connectivity index (χ2n) is 4.03. The van der Waals surface area contributed by atoms with Gasteiger partial charge in [0.2, 0.25) is 5.91 Å². The van der Waals surface area contributed by atoms with Gasteiger partial charge in [-0.3, -0.25) is 9.89 Å². The van der Waals surface area contributed by atoms with Gasteiger partial charge < -0.3 is 10.1 Å². The van der Waals surface area contributed by atoms with Crippen LogP contribution in [-0.4, -0.2) is 22.7 Å². The molecule has 5 nitrogen and oxygen atoms in total. The lowest BCUT2D eigenvalue weighted by Crippen LogP contribution is -2.16. The largest absolute Gasteiger partial charge is 0.493 e. The maximum absolute atomic E-state index is 11.7.